The number of likely N-dealkylation sites (N-methyl/N-ethyl adjacent to an activating group) is 1. The molecule has 0 aliphatic carbocycles. The Morgan fingerprint density at radius 1 is 1.56 bits per heavy atom. The van der Waals surface area contributed by atoms with Crippen LogP contribution in [0.1, 0.15) is 24.0 Å². The number of nitrogens with one attached hydrogen (secondary N) is 1. The Kier molecular flexibility index (Phi) is 4.19. The third kappa shape index (κ3) is 3.00. The lowest BCUT2D eigenvalue weighted by atomic mass is 10.1. The van der Waals surface area contributed by atoms with Crippen molar-refractivity contribution in [3.63, 3.8) is 0 Å². The number of benzene rings is 1. The van der Waals surface area contributed by atoms with E-state index in [0.717, 1.165) is 23.4 Å². The second-order valence-corrected chi connectivity index (χ2v) is 5.49. The Morgan fingerprint density at radius 3 is 2.89 bits per heavy atom. The standard InChI is InChI=1S/C14H21N3S/c1-10-8-11(5-6-13(10)14(15)18)16-9-12-4-3-7-17(12)2/h5-6,8,12,16H,3-4,7,9H2,1-2H3,(H2,15,18). The van der Waals surface area contributed by atoms with Gasteiger partial charge in [-0.15, -0.1) is 0 Å². The molecule has 1 aromatic rings. The monoisotopic (exact) mass is 263 g/mol. The van der Waals surface area contributed by atoms with Gasteiger partial charge in [-0.1, -0.05) is 12.2 Å². The number of anilines is 1. The predicted octanol–water partition coefficient (Wildman–Crippen LogP) is 2.14. The average Bonchev–Trinajstić information content (AvgIpc) is 2.72. The molecule has 0 bridgehead atoms. The number of rotatable bonds is 4. The van der Waals surface area contributed by atoms with Gasteiger partial charge < -0.3 is 16.0 Å². The third-order valence-corrected chi connectivity index (χ3v) is 3.93. The topological polar surface area (TPSA) is 41.3 Å². The first-order valence-corrected chi connectivity index (χ1v) is 6.83. The minimum Gasteiger partial charge on any atom is -0.389 e. The van der Waals surface area contributed by atoms with E-state index in [1.165, 1.54) is 19.4 Å². The lowest BCUT2D eigenvalue weighted by molar-refractivity contribution is 0.322. The fourth-order valence-corrected chi connectivity index (χ4v) is 2.75. The number of hydrogen-bond donors (Lipinski definition) is 2. The molecule has 0 aromatic heterocycles. The summed E-state index contributed by atoms with van der Waals surface area (Å²) in [5.74, 6) is 0. The molecule has 4 heteroatoms. The Labute approximate surface area is 114 Å². The van der Waals surface area contributed by atoms with E-state index in [2.05, 4.69) is 29.4 Å². The van der Waals surface area contributed by atoms with E-state index in [0.29, 0.717) is 11.0 Å². The van der Waals surface area contributed by atoms with E-state index in [1.54, 1.807) is 0 Å². The maximum absolute atomic E-state index is 5.66. The average molecular weight is 263 g/mol. The van der Waals surface area contributed by atoms with Gasteiger partial charge in [0.2, 0.25) is 0 Å². The highest BCUT2D eigenvalue weighted by molar-refractivity contribution is 7.80. The van der Waals surface area contributed by atoms with Gasteiger partial charge >= 0.3 is 0 Å². The smallest absolute Gasteiger partial charge is 0.104 e. The van der Waals surface area contributed by atoms with Crippen molar-refractivity contribution in [3.05, 3.63) is 29.3 Å². The molecular formula is C14H21N3S. The van der Waals surface area contributed by atoms with E-state index >= 15 is 0 Å². The number of thiocarbonyl (C=S) groups is 1. The lowest BCUT2D eigenvalue weighted by Crippen LogP contribution is -2.31. The first-order valence-electron chi connectivity index (χ1n) is 6.42. The maximum Gasteiger partial charge on any atom is 0.104 e. The summed E-state index contributed by atoms with van der Waals surface area (Å²) in [5.41, 5.74) is 8.90. The van der Waals surface area contributed by atoms with Gasteiger partial charge in [-0.05, 0) is 57.1 Å². The highest BCUT2D eigenvalue weighted by atomic mass is 32.1. The number of hydrogen-bond acceptors (Lipinski definition) is 3. The highest BCUT2D eigenvalue weighted by Gasteiger charge is 2.20. The van der Waals surface area contributed by atoms with Crippen molar-refractivity contribution in [1.82, 2.24) is 4.90 Å². The zero-order valence-corrected chi connectivity index (χ0v) is 11.9. The van der Waals surface area contributed by atoms with Crippen LogP contribution in [0.3, 0.4) is 0 Å². The number of nitrogens with two attached hydrogens (primary N) is 1. The van der Waals surface area contributed by atoms with E-state index < -0.39 is 0 Å². The Hall–Kier alpha value is -1.13. The van der Waals surface area contributed by atoms with Crippen LogP contribution < -0.4 is 11.1 Å². The van der Waals surface area contributed by atoms with Crippen molar-refractivity contribution in [3.8, 4) is 0 Å². The molecular weight excluding hydrogens is 242 g/mol. The highest BCUT2D eigenvalue weighted by Crippen LogP contribution is 2.18. The molecule has 3 nitrogen and oxygen atoms in total. The number of likely N-dealkylation sites (tertiary alicyclic amines) is 1. The van der Waals surface area contributed by atoms with Gasteiger partial charge in [-0.25, -0.2) is 0 Å². The zero-order chi connectivity index (χ0) is 13.1. The first-order chi connectivity index (χ1) is 8.58. The molecule has 0 spiro atoms. The van der Waals surface area contributed by atoms with Crippen molar-refractivity contribution >= 4 is 22.9 Å². The second-order valence-electron chi connectivity index (χ2n) is 5.05. The summed E-state index contributed by atoms with van der Waals surface area (Å²) >= 11 is 5.01. The Bertz CT molecular complexity index is 445. The van der Waals surface area contributed by atoms with E-state index in [-0.39, 0.29) is 0 Å². The molecule has 1 saturated heterocycles. The molecule has 2 rings (SSSR count). The summed E-state index contributed by atoms with van der Waals surface area (Å²) in [6.07, 6.45) is 2.59. The van der Waals surface area contributed by atoms with Crippen molar-refractivity contribution in [2.24, 2.45) is 5.73 Å². The summed E-state index contributed by atoms with van der Waals surface area (Å²) in [5, 5.41) is 3.50. The lowest BCUT2D eigenvalue weighted by Gasteiger charge is -2.20. The van der Waals surface area contributed by atoms with Gasteiger partial charge in [0, 0.05) is 23.8 Å². The molecule has 0 saturated carbocycles. The van der Waals surface area contributed by atoms with Gasteiger partial charge in [0.1, 0.15) is 4.99 Å². The number of nitrogens with zero attached hydrogens (tertiary/aromatic N) is 1. The second kappa shape index (κ2) is 5.67. The van der Waals surface area contributed by atoms with Crippen LogP contribution in [0.15, 0.2) is 18.2 Å². The Balaban J connectivity index is 1.98. The zero-order valence-electron chi connectivity index (χ0n) is 11.1. The minimum absolute atomic E-state index is 0.467. The molecule has 1 fully saturated rings. The summed E-state index contributed by atoms with van der Waals surface area (Å²) < 4.78 is 0. The fourth-order valence-electron chi connectivity index (χ4n) is 2.52. The predicted molar refractivity (Wildman–Crippen MR) is 81.2 cm³/mol. The summed E-state index contributed by atoms with van der Waals surface area (Å²) in [6.45, 7) is 4.26. The number of aryl methyl sites for hydroxylation is 1. The van der Waals surface area contributed by atoms with Gasteiger partial charge in [0.05, 0.1) is 0 Å². The first kappa shape index (κ1) is 13.3. The Morgan fingerprint density at radius 2 is 2.33 bits per heavy atom. The molecule has 1 aliphatic rings. The molecule has 1 unspecified atom stereocenters. The minimum atomic E-state index is 0.467. The SMILES string of the molecule is Cc1cc(NCC2CCCN2C)ccc1C(N)=S. The van der Waals surface area contributed by atoms with Crippen LogP contribution in [0.2, 0.25) is 0 Å². The van der Waals surface area contributed by atoms with Crippen LogP contribution in [0, 0.1) is 6.92 Å². The van der Waals surface area contributed by atoms with E-state index in [1.807, 2.05) is 13.0 Å². The molecule has 18 heavy (non-hydrogen) atoms. The molecule has 1 aromatic carbocycles. The van der Waals surface area contributed by atoms with Gasteiger partial charge in [0.15, 0.2) is 0 Å². The maximum atomic E-state index is 5.66. The van der Waals surface area contributed by atoms with Gasteiger partial charge in [-0.2, -0.15) is 0 Å². The van der Waals surface area contributed by atoms with Crippen LogP contribution >= 0.6 is 12.2 Å². The molecule has 0 radical (unpaired) electrons. The van der Waals surface area contributed by atoms with Crippen LogP contribution in [-0.4, -0.2) is 36.1 Å². The molecule has 0 amide bonds. The van der Waals surface area contributed by atoms with Crippen molar-refractivity contribution < 1.29 is 0 Å². The quantitative estimate of drug-likeness (QED) is 0.817. The molecule has 1 heterocycles. The van der Waals surface area contributed by atoms with E-state index in [9.17, 15) is 0 Å². The normalized spacial score (nSPS) is 20.0. The molecule has 98 valence electrons. The van der Waals surface area contributed by atoms with E-state index in [4.69, 9.17) is 18.0 Å². The molecule has 1 aliphatic heterocycles. The van der Waals surface area contributed by atoms with Gasteiger partial charge in [-0.3, -0.25) is 0 Å². The van der Waals surface area contributed by atoms with Crippen molar-refractivity contribution in [2.75, 3.05) is 25.5 Å². The summed E-state index contributed by atoms with van der Waals surface area (Å²) in [6, 6.07) is 6.82. The van der Waals surface area contributed by atoms with Crippen molar-refractivity contribution in [1.29, 1.82) is 0 Å². The van der Waals surface area contributed by atoms with Crippen LogP contribution in [0.25, 0.3) is 0 Å². The van der Waals surface area contributed by atoms with Crippen LogP contribution in [0.4, 0.5) is 5.69 Å². The molecule has 3 N–H and O–H groups in total. The van der Waals surface area contributed by atoms with Crippen LogP contribution in [-0.2, 0) is 0 Å². The summed E-state index contributed by atoms with van der Waals surface area (Å²) in [4.78, 5) is 2.89. The third-order valence-electron chi connectivity index (χ3n) is 3.71. The van der Waals surface area contributed by atoms with Gasteiger partial charge in [0.25, 0.3) is 0 Å². The van der Waals surface area contributed by atoms with Crippen LogP contribution in [0.5, 0.6) is 0 Å². The summed E-state index contributed by atoms with van der Waals surface area (Å²) in [7, 11) is 2.19. The largest absolute Gasteiger partial charge is 0.389 e. The fraction of sp³-hybridized carbons (Fsp3) is 0.500. The molecule has 1 atom stereocenters. The van der Waals surface area contributed by atoms with Crippen molar-refractivity contribution in [2.45, 2.75) is 25.8 Å².